The molecule has 2 aromatic rings. The van der Waals surface area contributed by atoms with E-state index in [2.05, 4.69) is 4.98 Å². The Morgan fingerprint density at radius 1 is 1.50 bits per heavy atom. The summed E-state index contributed by atoms with van der Waals surface area (Å²) in [5.74, 6) is 0.603. The van der Waals surface area contributed by atoms with Gasteiger partial charge in [0.05, 0.1) is 7.11 Å². The van der Waals surface area contributed by atoms with E-state index in [4.69, 9.17) is 10.5 Å². The van der Waals surface area contributed by atoms with E-state index in [0.29, 0.717) is 0 Å². The summed E-state index contributed by atoms with van der Waals surface area (Å²) in [6.45, 7) is 0. The molecule has 3 N–H and O–H groups in total. The molecule has 94 valence electrons. The van der Waals surface area contributed by atoms with E-state index < -0.39 is 0 Å². The zero-order chi connectivity index (χ0) is 12.7. The van der Waals surface area contributed by atoms with Crippen molar-refractivity contribution < 1.29 is 9.53 Å². The van der Waals surface area contributed by atoms with E-state index in [1.54, 1.807) is 7.11 Å². The highest BCUT2D eigenvalue weighted by Gasteiger charge is 2.25. The highest BCUT2D eigenvalue weighted by atomic mass is 16.5. The zero-order valence-electron chi connectivity index (χ0n) is 10.3. The van der Waals surface area contributed by atoms with Crippen molar-refractivity contribution in [2.75, 3.05) is 7.11 Å². The average Bonchev–Trinajstić information content (AvgIpc) is 2.75. The molecule has 0 aliphatic heterocycles. The van der Waals surface area contributed by atoms with E-state index in [1.165, 1.54) is 11.3 Å². The third-order valence-electron chi connectivity index (χ3n) is 3.80. The summed E-state index contributed by atoms with van der Waals surface area (Å²) in [4.78, 5) is 14.8. The summed E-state index contributed by atoms with van der Waals surface area (Å²) < 4.78 is 5.25. The minimum Gasteiger partial charge on any atom is -0.497 e. The smallest absolute Gasteiger partial charge is 0.220 e. The van der Waals surface area contributed by atoms with Gasteiger partial charge in [-0.3, -0.25) is 4.79 Å². The lowest BCUT2D eigenvalue weighted by Crippen LogP contribution is -2.28. The molecule has 1 amide bonds. The lowest BCUT2D eigenvalue weighted by atomic mass is 9.86. The standard InChI is InChI=1S/C14H16N2O2/c1-18-9-3-5-13-11(7-9)10-6-8(14(15)17)2-4-12(10)16-13/h3,5,7-8,16H,2,4,6H2,1H3,(H2,15,17). The van der Waals surface area contributed by atoms with Crippen LogP contribution >= 0.6 is 0 Å². The number of aromatic nitrogens is 1. The van der Waals surface area contributed by atoms with Crippen LogP contribution in [0, 0.1) is 5.92 Å². The van der Waals surface area contributed by atoms with Crippen LogP contribution in [-0.4, -0.2) is 18.0 Å². The Kier molecular flexibility index (Phi) is 2.51. The Bertz CT molecular complexity index is 616. The van der Waals surface area contributed by atoms with Gasteiger partial charge >= 0.3 is 0 Å². The molecule has 1 atom stereocenters. The second-order valence-electron chi connectivity index (χ2n) is 4.84. The number of methoxy groups -OCH3 is 1. The number of nitrogens with one attached hydrogen (secondary N) is 1. The maximum atomic E-state index is 11.3. The number of fused-ring (bicyclic) bond motifs is 3. The first-order chi connectivity index (χ1) is 8.69. The van der Waals surface area contributed by atoms with Gasteiger partial charge in [-0.25, -0.2) is 0 Å². The van der Waals surface area contributed by atoms with Crippen LogP contribution in [0.1, 0.15) is 17.7 Å². The van der Waals surface area contributed by atoms with Crippen molar-refractivity contribution >= 4 is 16.8 Å². The van der Waals surface area contributed by atoms with Gasteiger partial charge in [0, 0.05) is 22.5 Å². The first kappa shape index (κ1) is 11.1. The summed E-state index contributed by atoms with van der Waals surface area (Å²) in [6, 6.07) is 5.98. The summed E-state index contributed by atoms with van der Waals surface area (Å²) >= 11 is 0. The predicted molar refractivity (Wildman–Crippen MR) is 69.6 cm³/mol. The van der Waals surface area contributed by atoms with Crippen molar-refractivity contribution in [2.45, 2.75) is 19.3 Å². The molecule has 1 aliphatic carbocycles. The Morgan fingerprint density at radius 2 is 2.33 bits per heavy atom. The van der Waals surface area contributed by atoms with Crippen LogP contribution in [0.5, 0.6) is 5.75 Å². The van der Waals surface area contributed by atoms with Crippen LogP contribution in [0.15, 0.2) is 18.2 Å². The molecule has 0 radical (unpaired) electrons. The molecule has 4 heteroatoms. The molecule has 1 aliphatic rings. The van der Waals surface area contributed by atoms with Crippen molar-refractivity contribution in [3.8, 4) is 5.75 Å². The molecule has 0 spiro atoms. The van der Waals surface area contributed by atoms with Crippen molar-refractivity contribution in [3.05, 3.63) is 29.5 Å². The van der Waals surface area contributed by atoms with E-state index in [9.17, 15) is 4.79 Å². The summed E-state index contributed by atoms with van der Waals surface area (Å²) in [6.07, 6.45) is 2.46. The number of benzene rings is 1. The predicted octanol–water partition coefficient (Wildman–Crippen LogP) is 1.77. The summed E-state index contributed by atoms with van der Waals surface area (Å²) in [5.41, 5.74) is 8.98. The minimum absolute atomic E-state index is 0.0392. The van der Waals surface area contributed by atoms with Gasteiger partial charge in [-0.2, -0.15) is 0 Å². The number of aryl methyl sites for hydroxylation is 1. The molecule has 3 rings (SSSR count). The Morgan fingerprint density at radius 3 is 3.06 bits per heavy atom. The number of nitrogens with two attached hydrogens (primary N) is 1. The number of carbonyl (C=O) groups is 1. The van der Waals surface area contributed by atoms with Gasteiger partial charge in [0.2, 0.25) is 5.91 Å². The van der Waals surface area contributed by atoms with Crippen LogP contribution in [0.2, 0.25) is 0 Å². The number of ether oxygens (including phenoxy) is 1. The minimum atomic E-state index is -0.196. The molecule has 0 bridgehead atoms. The largest absolute Gasteiger partial charge is 0.497 e. The van der Waals surface area contributed by atoms with Crippen LogP contribution in [0.25, 0.3) is 10.9 Å². The highest BCUT2D eigenvalue weighted by Crippen LogP contribution is 2.33. The Labute approximate surface area is 105 Å². The molecule has 1 heterocycles. The molecule has 0 saturated carbocycles. The average molecular weight is 244 g/mol. The number of H-pyrrole nitrogens is 1. The zero-order valence-corrected chi connectivity index (χ0v) is 10.3. The number of primary amides is 1. The quantitative estimate of drug-likeness (QED) is 0.845. The first-order valence-electron chi connectivity index (χ1n) is 6.16. The third-order valence-corrected chi connectivity index (χ3v) is 3.80. The molecule has 18 heavy (non-hydrogen) atoms. The van der Waals surface area contributed by atoms with Crippen molar-refractivity contribution in [2.24, 2.45) is 11.7 Å². The maximum absolute atomic E-state index is 11.3. The molecule has 4 nitrogen and oxygen atoms in total. The van der Waals surface area contributed by atoms with Gasteiger partial charge in [0.15, 0.2) is 0 Å². The Hall–Kier alpha value is -1.97. The normalized spacial score (nSPS) is 18.6. The number of rotatable bonds is 2. The highest BCUT2D eigenvalue weighted by molar-refractivity contribution is 5.87. The molecular formula is C14H16N2O2. The molecule has 0 saturated heterocycles. The van der Waals surface area contributed by atoms with Crippen LogP contribution in [0.4, 0.5) is 0 Å². The fraction of sp³-hybridized carbons (Fsp3) is 0.357. The van der Waals surface area contributed by atoms with E-state index in [1.807, 2.05) is 18.2 Å². The molecule has 1 aromatic heterocycles. The van der Waals surface area contributed by atoms with Gasteiger partial charge in [-0.05, 0) is 43.0 Å². The number of hydrogen-bond donors (Lipinski definition) is 2. The summed E-state index contributed by atoms with van der Waals surface area (Å²) in [7, 11) is 1.66. The number of amides is 1. The van der Waals surface area contributed by atoms with Crippen LogP contribution in [-0.2, 0) is 17.6 Å². The van der Waals surface area contributed by atoms with E-state index in [0.717, 1.165) is 35.9 Å². The van der Waals surface area contributed by atoms with Crippen molar-refractivity contribution in [3.63, 3.8) is 0 Å². The number of carbonyl (C=O) groups excluding carboxylic acids is 1. The van der Waals surface area contributed by atoms with Crippen LogP contribution < -0.4 is 10.5 Å². The first-order valence-corrected chi connectivity index (χ1v) is 6.16. The molecule has 1 aromatic carbocycles. The molecule has 0 fully saturated rings. The van der Waals surface area contributed by atoms with Gasteiger partial charge in [0.1, 0.15) is 5.75 Å². The second kappa shape index (κ2) is 4.05. The van der Waals surface area contributed by atoms with E-state index >= 15 is 0 Å². The van der Waals surface area contributed by atoms with Crippen molar-refractivity contribution in [1.29, 1.82) is 0 Å². The molecule has 1 unspecified atom stereocenters. The van der Waals surface area contributed by atoms with Gasteiger partial charge in [-0.1, -0.05) is 0 Å². The SMILES string of the molecule is COc1ccc2[nH]c3c(c2c1)CC(C(N)=O)CC3. The maximum Gasteiger partial charge on any atom is 0.220 e. The topological polar surface area (TPSA) is 68.1 Å². The van der Waals surface area contributed by atoms with Gasteiger partial charge in [-0.15, -0.1) is 0 Å². The molecular weight excluding hydrogens is 228 g/mol. The lowest BCUT2D eigenvalue weighted by Gasteiger charge is -2.19. The van der Waals surface area contributed by atoms with E-state index in [-0.39, 0.29) is 11.8 Å². The summed E-state index contributed by atoms with van der Waals surface area (Å²) in [5, 5.41) is 1.15. The van der Waals surface area contributed by atoms with Crippen LogP contribution in [0.3, 0.4) is 0 Å². The lowest BCUT2D eigenvalue weighted by molar-refractivity contribution is -0.122. The fourth-order valence-corrected chi connectivity index (χ4v) is 2.77. The number of hydrogen-bond acceptors (Lipinski definition) is 2. The second-order valence-corrected chi connectivity index (χ2v) is 4.84. The van der Waals surface area contributed by atoms with Gasteiger partial charge < -0.3 is 15.5 Å². The Balaban J connectivity index is 2.10. The third kappa shape index (κ3) is 1.65. The fourth-order valence-electron chi connectivity index (χ4n) is 2.77. The number of aromatic amines is 1. The van der Waals surface area contributed by atoms with Gasteiger partial charge in [0.25, 0.3) is 0 Å². The monoisotopic (exact) mass is 244 g/mol. The van der Waals surface area contributed by atoms with Crippen molar-refractivity contribution in [1.82, 2.24) is 4.98 Å².